The third kappa shape index (κ3) is 5.51. The number of hydrogen-bond donors (Lipinski definition) is 1. The van der Waals surface area contributed by atoms with Crippen LogP contribution in [0.4, 0.5) is 5.69 Å². The van der Waals surface area contributed by atoms with E-state index in [9.17, 15) is 0 Å². The first-order valence-electron chi connectivity index (χ1n) is 7.74. The van der Waals surface area contributed by atoms with Crippen LogP contribution in [0, 0.1) is 0 Å². The molecule has 0 aliphatic carbocycles. The molecule has 1 atom stereocenters. The summed E-state index contributed by atoms with van der Waals surface area (Å²) in [5, 5.41) is 3.58. The van der Waals surface area contributed by atoms with Gasteiger partial charge in [-0.25, -0.2) is 0 Å². The molecule has 20 heavy (non-hydrogen) atoms. The maximum atomic E-state index is 3.58. The van der Waals surface area contributed by atoms with Crippen LogP contribution < -0.4 is 10.2 Å². The van der Waals surface area contributed by atoms with E-state index < -0.39 is 0 Å². The van der Waals surface area contributed by atoms with E-state index in [2.05, 4.69) is 74.4 Å². The Bertz CT molecular complexity index is 376. The van der Waals surface area contributed by atoms with Gasteiger partial charge in [-0.05, 0) is 58.6 Å². The monoisotopic (exact) mass is 277 g/mol. The van der Waals surface area contributed by atoms with Crippen LogP contribution >= 0.6 is 0 Å². The van der Waals surface area contributed by atoms with Crippen molar-refractivity contribution in [2.75, 3.05) is 45.7 Å². The van der Waals surface area contributed by atoms with Gasteiger partial charge in [0.2, 0.25) is 0 Å². The number of nitrogens with one attached hydrogen (secondary N) is 1. The quantitative estimate of drug-likeness (QED) is 0.748. The lowest BCUT2D eigenvalue weighted by Crippen LogP contribution is -2.26. The summed E-state index contributed by atoms with van der Waals surface area (Å²) >= 11 is 0. The van der Waals surface area contributed by atoms with Gasteiger partial charge < -0.3 is 15.1 Å². The molecule has 0 heterocycles. The van der Waals surface area contributed by atoms with Crippen LogP contribution in [0.2, 0.25) is 0 Å². The fraction of sp³-hybridized carbons (Fsp3) is 0.647. The number of hydrogen-bond acceptors (Lipinski definition) is 3. The van der Waals surface area contributed by atoms with Crippen LogP contribution in [0.25, 0.3) is 0 Å². The number of nitrogens with zero attached hydrogens (tertiary/aromatic N) is 2. The van der Waals surface area contributed by atoms with Crippen molar-refractivity contribution in [3.63, 3.8) is 0 Å². The largest absolute Gasteiger partial charge is 0.374 e. The molecule has 1 aromatic carbocycles. The lowest BCUT2D eigenvalue weighted by molar-refractivity contribution is 0.401. The Labute approximate surface area is 125 Å². The predicted molar refractivity (Wildman–Crippen MR) is 89.6 cm³/mol. The average molecular weight is 277 g/mol. The van der Waals surface area contributed by atoms with Gasteiger partial charge in [-0.2, -0.15) is 0 Å². The van der Waals surface area contributed by atoms with E-state index in [1.807, 2.05) is 0 Å². The number of benzene rings is 1. The van der Waals surface area contributed by atoms with Crippen molar-refractivity contribution in [2.24, 2.45) is 0 Å². The Balaban J connectivity index is 2.68. The first-order chi connectivity index (χ1) is 9.56. The zero-order valence-corrected chi connectivity index (χ0v) is 13.8. The normalized spacial score (nSPS) is 12.7. The molecule has 0 spiro atoms. The van der Waals surface area contributed by atoms with Crippen molar-refractivity contribution >= 4 is 5.69 Å². The highest BCUT2D eigenvalue weighted by molar-refractivity contribution is 5.54. The van der Waals surface area contributed by atoms with E-state index in [4.69, 9.17) is 0 Å². The third-order valence-electron chi connectivity index (χ3n) is 3.61. The topological polar surface area (TPSA) is 18.5 Å². The Kier molecular flexibility index (Phi) is 7.63. The SMILES string of the molecule is CCCNC(C)c1ccccc1N(C)CCCN(C)C. The van der Waals surface area contributed by atoms with Crippen LogP contribution in [0.15, 0.2) is 24.3 Å². The number of para-hydroxylation sites is 1. The smallest absolute Gasteiger partial charge is 0.0412 e. The van der Waals surface area contributed by atoms with Gasteiger partial charge in [0.1, 0.15) is 0 Å². The van der Waals surface area contributed by atoms with Crippen LogP contribution in [0.1, 0.15) is 38.3 Å². The van der Waals surface area contributed by atoms with Crippen LogP contribution in [0.3, 0.4) is 0 Å². The minimum atomic E-state index is 0.405. The minimum absolute atomic E-state index is 0.405. The van der Waals surface area contributed by atoms with Gasteiger partial charge in [-0.3, -0.25) is 0 Å². The molecule has 0 aromatic heterocycles. The zero-order chi connectivity index (χ0) is 15.0. The lowest BCUT2D eigenvalue weighted by Gasteiger charge is -2.26. The van der Waals surface area contributed by atoms with Crippen LogP contribution in [-0.4, -0.2) is 45.7 Å². The standard InChI is InChI=1S/C17H31N3/c1-6-12-18-15(2)16-10-7-8-11-17(16)20(5)14-9-13-19(3)4/h7-8,10-11,15,18H,6,9,12-14H2,1-5H3. The second-order valence-corrected chi connectivity index (χ2v) is 5.81. The molecule has 0 fully saturated rings. The van der Waals surface area contributed by atoms with E-state index >= 15 is 0 Å². The van der Waals surface area contributed by atoms with Crippen LogP contribution in [-0.2, 0) is 0 Å². The molecule has 114 valence electrons. The molecule has 0 saturated carbocycles. The molecular weight excluding hydrogens is 246 g/mol. The Hall–Kier alpha value is -1.06. The lowest BCUT2D eigenvalue weighted by atomic mass is 10.0. The molecular formula is C17H31N3. The van der Waals surface area contributed by atoms with Gasteiger partial charge in [0, 0.05) is 25.3 Å². The van der Waals surface area contributed by atoms with E-state index in [1.54, 1.807) is 0 Å². The summed E-state index contributed by atoms with van der Waals surface area (Å²) in [7, 11) is 6.45. The predicted octanol–water partition coefficient (Wildman–Crippen LogP) is 3.14. The van der Waals surface area contributed by atoms with E-state index in [0.717, 1.165) is 19.6 Å². The molecule has 0 amide bonds. The molecule has 1 N–H and O–H groups in total. The highest BCUT2D eigenvalue weighted by Gasteiger charge is 2.12. The third-order valence-corrected chi connectivity index (χ3v) is 3.61. The first-order valence-corrected chi connectivity index (χ1v) is 7.74. The Morgan fingerprint density at radius 1 is 1.10 bits per heavy atom. The molecule has 1 aromatic rings. The Morgan fingerprint density at radius 3 is 2.45 bits per heavy atom. The summed E-state index contributed by atoms with van der Waals surface area (Å²) < 4.78 is 0. The highest BCUT2D eigenvalue weighted by Crippen LogP contribution is 2.25. The van der Waals surface area contributed by atoms with Crippen molar-refractivity contribution < 1.29 is 0 Å². The summed E-state index contributed by atoms with van der Waals surface area (Å²) in [6.45, 7) is 7.76. The van der Waals surface area contributed by atoms with Gasteiger partial charge in [0.05, 0.1) is 0 Å². The maximum absolute atomic E-state index is 3.58. The highest BCUT2D eigenvalue weighted by atomic mass is 15.1. The molecule has 0 aliphatic rings. The summed E-state index contributed by atoms with van der Waals surface area (Å²) in [6.07, 6.45) is 2.36. The summed E-state index contributed by atoms with van der Waals surface area (Å²) in [4.78, 5) is 4.62. The van der Waals surface area contributed by atoms with Crippen molar-refractivity contribution in [3.8, 4) is 0 Å². The molecule has 0 saturated heterocycles. The average Bonchev–Trinajstić information content (AvgIpc) is 2.44. The maximum Gasteiger partial charge on any atom is 0.0412 e. The molecule has 3 heteroatoms. The van der Waals surface area contributed by atoms with Crippen molar-refractivity contribution in [1.82, 2.24) is 10.2 Å². The summed E-state index contributed by atoms with van der Waals surface area (Å²) in [5.41, 5.74) is 2.75. The van der Waals surface area contributed by atoms with Crippen molar-refractivity contribution in [3.05, 3.63) is 29.8 Å². The van der Waals surface area contributed by atoms with Crippen molar-refractivity contribution in [1.29, 1.82) is 0 Å². The van der Waals surface area contributed by atoms with Gasteiger partial charge in [-0.15, -0.1) is 0 Å². The summed E-state index contributed by atoms with van der Waals surface area (Å²) in [6, 6.07) is 9.15. The van der Waals surface area contributed by atoms with Gasteiger partial charge in [0.25, 0.3) is 0 Å². The fourth-order valence-electron chi connectivity index (χ4n) is 2.42. The molecule has 1 rings (SSSR count). The molecule has 0 radical (unpaired) electrons. The van der Waals surface area contributed by atoms with Gasteiger partial charge in [-0.1, -0.05) is 25.1 Å². The van der Waals surface area contributed by atoms with E-state index in [-0.39, 0.29) is 0 Å². The molecule has 0 aliphatic heterocycles. The van der Waals surface area contributed by atoms with Gasteiger partial charge in [0.15, 0.2) is 0 Å². The Morgan fingerprint density at radius 2 is 1.80 bits per heavy atom. The minimum Gasteiger partial charge on any atom is -0.374 e. The van der Waals surface area contributed by atoms with E-state index in [1.165, 1.54) is 24.1 Å². The number of rotatable bonds is 9. The number of anilines is 1. The molecule has 3 nitrogen and oxygen atoms in total. The van der Waals surface area contributed by atoms with Crippen molar-refractivity contribution in [2.45, 2.75) is 32.7 Å². The summed E-state index contributed by atoms with van der Waals surface area (Å²) in [5.74, 6) is 0. The molecule has 1 unspecified atom stereocenters. The van der Waals surface area contributed by atoms with Gasteiger partial charge >= 0.3 is 0 Å². The second-order valence-electron chi connectivity index (χ2n) is 5.81. The molecule has 0 bridgehead atoms. The van der Waals surface area contributed by atoms with E-state index in [0.29, 0.717) is 6.04 Å². The first kappa shape index (κ1) is 17.0. The van der Waals surface area contributed by atoms with Crippen LogP contribution in [0.5, 0.6) is 0 Å². The fourth-order valence-corrected chi connectivity index (χ4v) is 2.42. The zero-order valence-electron chi connectivity index (χ0n) is 13.8. The second kappa shape index (κ2) is 8.98.